The average molecular weight is 475 g/mol. The van der Waals surface area contributed by atoms with Gasteiger partial charge in [-0.1, -0.05) is 18.2 Å². The van der Waals surface area contributed by atoms with Crippen LogP contribution in [0.3, 0.4) is 0 Å². The molecule has 0 radical (unpaired) electrons. The molecule has 0 unspecified atom stereocenters. The average Bonchev–Trinajstić information content (AvgIpc) is 3.38. The van der Waals surface area contributed by atoms with Gasteiger partial charge in [-0.25, -0.2) is 22.6 Å². The van der Waals surface area contributed by atoms with Crippen LogP contribution in [0.4, 0.5) is 9.52 Å². The van der Waals surface area contributed by atoms with Crippen LogP contribution in [0.5, 0.6) is 0 Å². The highest BCUT2D eigenvalue weighted by Crippen LogP contribution is 2.30. The van der Waals surface area contributed by atoms with Gasteiger partial charge in [-0.15, -0.1) is 11.3 Å². The third-order valence-electron chi connectivity index (χ3n) is 5.63. The molecule has 2 N–H and O–H groups in total. The molecule has 0 aliphatic carbocycles. The van der Waals surface area contributed by atoms with Gasteiger partial charge in [0, 0.05) is 30.3 Å². The van der Waals surface area contributed by atoms with Crippen molar-refractivity contribution in [1.29, 1.82) is 0 Å². The molecule has 1 aliphatic heterocycles. The third kappa shape index (κ3) is 3.51. The van der Waals surface area contributed by atoms with Crippen LogP contribution in [0.25, 0.3) is 11.1 Å². The summed E-state index contributed by atoms with van der Waals surface area (Å²) in [7, 11) is -4.25. The number of halogens is 1. The second-order valence-electron chi connectivity index (χ2n) is 7.52. The van der Waals surface area contributed by atoms with Crippen molar-refractivity contribution >= 4 is 37.6 Å². The molecule has 5 rings (SSSR count). The zero-order chi connectivity index (χ0) is 22.5. The largest absolute Gasteiger partial charge is 0.420 e. The van der Waals surface area contributed by atoms with Gasteiger partial charge in [-0.05, 0) is 36.6 Å². The number of anilines is 1. The zero-order valence-electron chi connectivity index (χ0n) is 17.0. The molecular weight excluding hydrogens is 455 g/mol. The topological polar surface area (TPSA) is 106 Å². The number of rotatable bonds is 5. The van der Waals surface area contributed by atoms with Gasteiger partial charge in [-0.3, -0.25) is 9.29 Å². The normalized spacial score (nSPS) is 14.9. The predicted molar refractivity (Wildman–Crippen MR) is 119 cm³/mol. The van der Waals surface area contributed by atoms with Crippen LogP contribution >= 0.6 is 11.3 Å². The standard InChI is InChI=1S/C21H19FN4O4S2/c1-12(14-4-2-3-13-5-6-23-11-15(13)14)26-17-9-16(22)19(10-18(17)30-21(26)27)32(28,29)25-20-24-7-8-31-20/h2-4,7-10,12,23H,5-6,11H2,1H3,(H,24,25)/t12-/m1/s1. The quantitative estimate of drug-likeness (QED) is 0.460. The number of thiazole rings is 1. The molecule has 1 atom stereocenters. The Morgan fingerprint density at radius 2 is 2.19 bits per heavy atom. The molecule has 0 fully saturated rings. The Morgan fingerprint density at radius 3 is 2.97 bits per heavy atom. The molecule has 8 nitrogen and oxygen atoms in total. The zero-order valence-corrected chi connectivity index (χ0v) is 18.6. The van der Waals surface area contributed by atoms with Crippen molar-refractivity contribution in [1.82, 2.24) is 14.9 Å². The van der Waals surface area contributed by atoms with Crippen LogP contribution in [-0.2, 0) is 23.0 Å². The lowest BCUT2D eigenvalue weighted by molar-refractivity contribution is 0.486. The molecule has 2 aromatic carbocycles. The van der Waals surface area contributed by atoms with E-state index in [-0.39, 0.29) is 16.2 Å². The second-order valence-corrected chi connectivity index (χ2v) is 10.1. The maximum atomic E-state index is 15.0. The van der Waals surface area contributed by atoms with Crippen LogP contribution in [0.1, 0.15) is 29.7 Å². The van der Waals surface area contributed by atoms with Gasteiger partial charge < -0.3 is 9.73 Å². The molecule has 0 bridgehead atoms. The number of aromatic nitrogens is 2. The van der Waals surface area contributed by atoms with Gasteiger partial charge in [0.1, 0.15) is 10.7 Å². The molecule has 11 heteroatoms. The van der Waals surface area contributed by atoms with E-state index in [1.165, 1.54) is 16.3 Å². The monoisotopic (exact) mass is 474 g/mol. The van der Waals surface area contributed by atoms with E-state index in [9.17, 15) is 17.6 Å². The Hall–Kier alpha value is -3.02. The first-order valence-electron chi connectivity index (χ1n) is 9.93. The van der Waals surface area contributed by atoms with Crippen molar-refractivity contribution in [3.8, 4) is 0 Å². The van der Waals surface area contributed by atoms with E-state index in [4.69, 9.17) is 4.42 Å². The van der Waals surface area contributed by atoms with E-state index in [0.717, 1.165) is 47.6 Å². The van der Waals surface area contributed by atoms with Crippen LogP contribution in [0.15, 0.2) is 56.0 Å². The second kappa shape index (κ2) is 7.84. The summed E-state index contributed by atoms with van der Waals surface area (Å²) in [5.74, 6) is -1.67. The molecule has 2 aromatic heterocycles. The Kier molecular flexibility index (Phi) is 5.11. The molecule has 0 saturated heterocycles. The minimum Gasteiger partial charge on any atom is -0.408 e. The van der Waals surface area contributed by atoms with Crippen molar-refractivity contribution in [3.05, 3.63) is 75.0 Å². The SMILES string of the molecule is C[C@H](c1cccc2c1CNCC2)n1c(=O)oc2cc(S(=O)(=O)Nc3nccs3)c(F)cc21. The number of benzene rings is 2. The summed E-state index contributed by atoms with van der Waals surface area (Å²) in [5, 5.41) is 5.04. The molecule has 4 aromatic rings. The summed E-state index contributed by atoms with van der Waals surface area (Å²) in [6.45, 7) is 3.41. The van der Waals surface area contributed by atoms with E-state index >= 15 is 0 Å². The number of nitrogens with zero attached hydrogens (tertiary/aromatic N) is 2. The number of hydrogen-bond donors (Lipinski definition) is 2. The summed E-state index contributed by atoms with van der Waals surface area (Å²) in [6.07, 6.45) is 2.32. The molecule has 0 spiro atoms. The number of nitrogens with one attached hydrogen (secondary N) is 2. The van der Waals surface area contributed by atoms with E-state index in [2.05, 4.69) is 21.1 Å². The fourth-order valence-corrected chi connectivity index (χ4v) is 5.99. The van der Waals surface area contributed by atoms with Gasteiger partial charge in [0.2, 0.25) is 0 Å². The van der Waals surface area contributed by atoms with E-state index in [1.54, 1.807) is 5.38 Å². The van der Waals surface area contributed by atoms with Gasteiger partial charge >= 0.3 is 5.76 Å². The van der Waals surface area contributed by atoms with Gasteiger partial charge in [-0.2, -0.15) is 0 Å². The third-order valence-corrected chi connectivity index (χ3v) is 7.80. The van der Waals surface area contributed by atoms with Gasteiger partial charge in [0.25, 0.3) is 10.0 Å². The Morgan fingerprint density at radius 1 is 1.34 bits per heavy atom. The van der Waals surface area contributed by atoms with E-state index < -0.39 is 32.5 Å². The number of sulfonamides is 1. The highest BCUT2D eigenvalue weighted by Gasteiger charge is 2.26. The van der Waals surface area contributed by atoms with Crippen LogP contribution in [-0.4, -0.2) is 24.5 Å². The van der Waals surface area contributed by atoms with Crippen molar-refractivity contribution < 1.29 is 17.2 Å². The van der Waals surface area contributed by atoms with E-state index in [0.29, 0.717) is 6.54 Å². The summed E-state index contributed by atoms with van der Waals surface area (Å²) < 4.78 is 49.2. The first kappa shape index (κ1) is 20.9. The minimum atomic E-state index is -4.25. The summed E-state index contributed by atoms with van der Waals surface area (Å²) in [6, 6.07) is 7.57. The van der Waals surface area contributed by atoms with Crippen LogP contribution < -0.4 is 15.8 Å². The minimum absolute atomic E-state index is 0.00862. The van der Waals surface area contributed by atoms with Crippen molar-refractivity contribution in [3.63, 3.8) is 0 Å². The molecule has 0 amide bonds. The number of fused-ring (bicyclic) bond motifs is 2. The molecule has 166 valence electrons. The van der Waals surface area contributed by atoms with E-state index in [1.807, 2.05) is 19.1 Å². The smallest absolute Gasteiger partial charge is 0.408 e. The predicted octanol–water partition coefficient (Wildman–Crippen LogP) is 3.25. The van der Waals surface area contributed by atoms with Crippen molar-refractivity contribution in [2.75, 3.05) is 11.3 Å². The van der Waals surface area contributed by atoms with Crippen molar-refractivity contribution in [2.24, 2.45) is 0 Å². The lowest BCUT2D eigenvalue weighted by atomic mass is 9.92. The van der Waals surface area contributed by atoms with Gasteiger partial charge in [0.05, 0.1) is 11.6 Å². The Balaban J connectivity index is 1.60. The van der Waals surface area contributed by atoms with Crippen LogP contribution in [0.2, 0.25) is 0 Å². The number of oxazole rings is 1. The lowest BCUT2D eigenvalue weighted by Gasteiger charge is -2.24. The maximum absolute atomic E-state index is 15.0. The molecule has 1 aliphatic rings. The lowest BCUT2D eigenvalue weighted by Crippen LogP contribution is -2.27. The van der Waals surface area contributed by atoms with Crippen molar-refractivity contribution in [2.45, 2.75) is 30.8 Å². The molecular formula is C21H19FN4O4S2. The summed E-state index contributed by atoms with van der Waals surface area (Å²) in [4.78, 5) is 16.0. The Bertz CT molecular complexity index is 1480. The van der Waals surface area contributed by atoms with Gasteiger partial charge in [0.15, 0.2) is 10.7 Å². The fraction of sp³-hybridized carbons (Fsp3) is 0.238. The summed E-state index contributed by atoms with van der Waals surface area (Å²) >= 11 is 1.07. The maximum Gasteiger partial charge on any atom is 0.420 e. The molecule has 32 heavy (non-hydrogen) atoms. The highest BCUT2D eigenvalue weighted by atomic mass is 32.2. The summed E-state index contributed by atoms with van der Waals surface area (Å²) in [5.41, 5.74) is 3.43. The molecule has 0 saturated carbocycles. The molecule has 3 heterocycles. The van der Waals surface area contributed by atoms with Crippen LogP contribution in [0, 0.1) is 5.82 Å². The number of hydrogen-bond acceptors (Lipinski definition) is 7. The Labute approximate surface area is 186 Å². The fourth-order valence-electron chi connectivity index (χ4n) is 4.12. The first-order chi connectivity index (χ1) is 15.3. The first-order valence-corrected chi connectivity index (χ1v) is 12.3. The highest BCUT2D eigenvalue weighted by molar-refractivity contribution is 7.93.